The van der Waals surface area contributed by atoms with Crippen molar-refractivity contribution in [3.05, 3.63) is 36.0 Å². The monoisotopic (exact) mass is 509 g/mol. The van der Waals surface area contributed by atoms with E-state index in [1.807, 2.05) is 24.3 Å². The average molecular weight is 510 g/mol. The zero-order chi connectivity index (χ0) is 26.0. The number of carbonyl (C=O) groups excluding carboxylic acids is 3. The normalized spacial score (nSPS) is 14.5. The first-order valence-corrected chi connectivity index (χ1v) is 12.3. The number of aromatic amines is 1. The van der Waals surface area contributed by atoms with Gasteiger partial charge in [0.15, 0.2) is 0 Å². The van der Waals surface area contributed by atoms with Crippen LogP contribution in [0.4, 0.5) is 0 Å². The standard InChI is InChI=1S/C22H31N5O7S/c1-35-7-6-16(22(33)34)25-20(31)18(11-29)27-21(32)17(10-28)26-19(30)14(23)8-12-9-24-15-5-3-2-4-13(12)15/h2-5,9,14,16-18,24,28-29H,6-8,10-11,23H2,1H3,(H,25,31)(H,26,30)(H,27,32)(H,33,34). The van der Waals surface area contributed by atoms with Gasteiger partial charge in [-0.3, -0.25) is 14.4 Å². The number of aliphatic hydroxyl groups excluding tert-OH is 2. The lowest BCUT2D eigenvalue weighted by Crippen LogP contribution is -2.59. The van der Waals surface area contributed by atoms with E-state index in [0.717, 1.165) is 16.5 Å². The van der Waals surface area contributed by atoms with Gasteiger partial charge in [-0.1, -0.05) is 18.2 Å². The topological polar surface area (TPSA) is 207 Å². The highest BCUT2D eigenvalue weighted by Gasteiger charge is 2.29. The van der Waals surface area contributed by atoms with Crippen LogP contribution in [0, 0.1) is 0 Å². The third kappa shape index (κ3) is 7.96. The number of H-pyrrole nitrogens is 1. The summed E-state index contributed by atoms with van der Waals surface area (Å²) in [5, 5.41) is 36.1. The molecule has 0 radical (unpaired) electrons. The van der Waals surface area contributed by atoms with Gasteiger partial charge in [0.25, 0.3) is 0 Å². The van der Waals surface area contributed by atoms with Crippen molar-refractivity contribution in [1.29, 1.82) is 0 Å². The fourth-order valence-corrected chi connectivity index (χ4v) is 3.81. The number of benzene rings is 1. The number of aliphatic hydroxyl groups is 2. The second-order valence-corrected chi connectivity index (χ2v) is 8.82. The number of aliphatic carboxylic acids is 1. The molecule has 12 nitrogen and oxygen atoms in total. The van der Waals surface area contributed by atoms with Gasteiger partial charge < -0.3 is 42.0 Å². The largest absolute Gasteiger partial charge is 0.480 e. The van der Waals surface area contributed by atoms with Crippen LogP contribution < -0.4 is 21.7 Å². The van der Waals surface area contributed by atoms with Crippen molar-refractivity contribution in [2.75, 3.05) is 25.2 Å². The third-order valence-electron chi connectivity index (χ3n) is 5.31. The van der Waals surface area contributed by atoms with E-state index in [4.69, 9.17) is 5.73 Å². The van der Waals surface area contributed by atoms with Crippen LogP contribution in [0.3, 0.4) is 0 Å². The summed E-state index contributed by atoms with van der Waals surface area (Å²) in [5.74, 6) is -3.32. The van der Waals surface area contributed by atoms with E-state index in [1.54, 1.807) is 12.5 Å². The number of nitrogens with one attached hydrogen (secondary N) is 4. The highest BCUT2D eigenvalue weighted by atomic mass is 32.2. The van der Waals surface area contributed by atoms with E-state index in [-0.39, 0.29) is 12.8 Å². The van der Waals surface area contributed by atoms with Crippen molar-refractivity contribution in [1.82, 2.24) is 20.9 Å². The Morgan fingerprint density at radius 3 is 2.11 bits per heavy atom. The molecular formula is C22H31N5O7S. The number of fused-ring (bicyclic) bond motifs is 1. The van der Waals surface area contributed by atoms with E-state index in [2.05, 4.69) is 20.9 Å². The lowest BCUT2D eigenvalue weighted by Gasteiger charge is -2.23. The summed E-state index contributed by atoms with van der Waals surface area (Å²) in [6, 6.07) is 2.34. The molecule has 0 saturated carbocycles. The van der Waals surface area contributed by atoms with Gasteiger partial charge in [0.2, 0.25) is 17.7 Å². The molecule has 0 aliphatic carbocycles. The SMILES string of the molecule is CSCCC(NC(=O)C(CO)NC(=O)C(CO)NC(=O)C(N)Cc1c[nH]c2ccccc12)C(=O)O. The Morgan fingerprint density at radius 1 is 0.971 bits per heavy atom. The van der Waals surface area contributed by atoms with Crippen LogP contribution >= 0.6 is 11.8 Å². The lowest BCUT2D eigenvalue weighted by molar-refractivity contribution is -0.142. The Morgan fingerprint density at radius 2 is 1.54 bits per heavy atom. The molecule has 0 bridgehead atoms. The van der Waals surface area contributed by atoms with E-state index >= 15 is 0 Å². The van der Waals surface area contributed by atoms with Crippen molar-refractivity contribution in [3.8, 4) is 0 Å². The van der Waals surface area contributed by atoms with Gasteiger partial charge in [0.05, 0.1) is 19.3 Å². The predicted octanol–water partition coefficient (Wildman–Crippen LogP) is -1.69. The zero-order valence-electron chi connectivity index (χ0n) is 19.2. The van der Waals surface area contributed by atoms with Crippen LogP contribution in [0.5, 0.6) is 0 Å². The highest BCUT2D eigenvalue weighted by molar-refractivity contribution is 7.98. The molecule has 1 heterocycles. The van der Waals surface area contributed by atoms with Gasteiger partial charge in [-0.15, -0.1) is 0 Å². The van der Waals surface area contributed by atoms with Crippen LogP contribution in [0.1, 0.15) is 12.0 Å². The molecule has 0 aliphatic heterocycles. The molecule has 3 amide bonds. The molecule has 1 aromatic carbocycles. The molecule has 2 aromatic rings. The first kappa shape index (κ1) is 28.1. The molecule has 13 heteroatoms. The minimum atomic E-state index is -1.48. The number of carbonyl (C=O) groups is 4. The molecule has 192 valence electrons. The molecule has 1 aromatic heterocycles. The summed E-state index contributed by atoms with van der Waals surface area (Å²) < 4.78 is 0. The summed E-state index contributed by atoms with van der Waals surface area (Å²) in [7, 11) is 0. The fraction of sp³-hybridized carbons (Fsp3) is 0.455. The van der Waals surface area contributed by atoms with Gasteiger partial charge in [-0.2, -0.15) is 11.8 Å². The number of thioether (sulfide) groups is 1. The first-order valence-electron chi connectivity index (χ1n) is 10.9. The van der Waals surface area contributed by atoms with Gasteiger partial charge in [-0.25, -0.2) is 4.79 Å². The summed E-state index contributed by atoms with van der Waals surface area (Å²) in [4.78, 5) is 51.9. The number of aromatic nitrogens is 1. The quantitative estimate of drug-likeness (QED) is 0.146. The Balaban J connectivity index is 1.96. The number of rotatable bonds is 14. The van der Waals surface area contributed by atoms with E-state index in [9.17, 15) is 34.5 Å². The molecule has 0 spiro atoms. The molecule has 35 heavy (non-hydrogen) atoms. The van der Waals surface area contributed by atoms with E-state index in [0.29, 0.717) is 5.75 Å². The zero-order valence-corrected chi connectivity index (χ0v) is 20.0. The Bertz CT molecular complexity index is 1030. The summed E-state index contributed by atoms with van der Waals surface area (Å²) in [6.45, 7) is -1.61. The first-order chi connectivity index (χ1) is 16.7. The lowest BCUT2D eigenvalue weighted by atomic mass is 10.0. The van der Waals surface area contributed by atoms with E-state index in [1.165, 1.54) is 11.8 Å². The van der Waals surface area contributed by atoms with Gasteiger partial charge >= 0.3 is 5.97 Å². The van der Waals surface area contributed by atoms with Crippen LogP contribution in [0.15, 0.2) is 30.5 Å². The van der Waals surface area contributed by atoms with Gasteiger partial charge in [0.1, 0.15) is 18.1 Å². The molecular weight excluding hydrogens is 478 g/mol. The Labute approximate surface area is 206 Å². The number of amides is 3. The number of nitrogens with two attached hydrogens (primary N) is 1. The minimum absolute atomic E-state index is 0.151. The predicted molar refractivity (Wildman–Crippen MR) is 131 cm³/mol. The maximum Gasteiger partial charge on any atom is 0.326 e. The maximum atomic E-state index is 12.6. The minimum Gasteiger partial charge on any atom is -0.480 e. The van der Waals surface area contributed by atoms with E-state index < -0.39 is 61.1 Å². The number of carboxylic acids is 1. The molecule has 0 fully saturated rings. The number of para-hydroxylation sites is 1. The molecule has 9 N–H and O–H groups in total. The highest BCUT2D eigenvalue weighted by Crippen LogP contribution is 2.18. The van der Waals surface area contributed by atoms with Crippen molar-refractivity contribution >= 4 is 46.4 Å². The van der Waals surface area contributed by atoms with Crippen molar-refractivity contribution in [2.24, 2.45) is 5.73 Å². The fourth-order valence-electron chi connectivity index (χ4n) is 3.33. The second kappa shape index (κ2) is 13.7. The number of hydrogen-bond donors (Lipinski definition) is 8. The number of carboxylic acid groups (broad SMARTS) is 1. The Hall–Kier alpha value is -3.13. The summed E-state index contributed by atoms with van der Waals surface area (Å²) in [5.41, 5.74) is 7.69. The number of hydrogen-bond acceptors (Lipinski definition) is 8. The molecule has 0 saturated heterocycles. The van der Waals surface area contributed by atoms with Crippen LogP contribution in [-0.4, -0.2) is 93.4 Å². The third-order valence-corrected chi connectivity index (χ3v) is 5.95. The van der Waals surface area contributed by atoms with Crippen LogP contribution in [-0.2, 0) is 25.6 Å². The molecule has 0 aliphatic rings. The van der Waals surface area contributed by atoms with Gasteiger partial charge in [-0.05, 0) is 36.5 Å². The molecule has 4 atom stereocenters. The van der Waals surface area contributed by atoms with Gasteiger partial charge in [0, 0.05) is 17.1 Å². The van der Waals surface area contributed by atoms with Crippen LogP contribution in [0.2, 0.25) is 0 Å². The smallest absolute Gasteiger partial charge is 0.326 e. The Kier molecular flexibility index (Phi) is 11.0. The average Bonchev–Trinajstić information content (AvgIpc) is 3.25. The maximum absolute atomic E-state index is 12.6. The van der Waals surface area contributed by atoms with Crippen molar-refractivity contribution in [3.63, 3.8) is 0 Å². The summed E-state index contributed by atoms with van der Waals surface area (Å²) >= 11 is 1.40. The molecule has 4 unspecified atom stereocenters. The summed E-state index contributed by atoms with van der Waals surface area (Å²) in [6.07, 6.45) is 3.84. The van der Waals surface area contributed by atoms with Crippen molar-refractivity contribution < 1.29 is 34.5 Å². The van der Waals surface area contributed by atoms with Crippen LogP contribution in [0.25, 0.3) is 10.9 Å². The van der Waals surface area contributed by atoms with Crippen molar-refractivity contribution in [2.45, 2.75) is 37.0 Å². The molecule has 2 rings (SSSR count). The second-order valence-electron chi connectivity index (χ2n) is 7.84.